The van der Waals surface area contributed by atoms with E-state index in [0.29, 0.717) is 42.9 Å². The molecule has 0 aliphatic carbocycles. The molecule has 1 amide bonds. The van der Waals surface area contributed by atoms with Gasteiger partial charge in [0.15, 0.2) is 0 Å². The zero-order chi connectivity index (χ0) is 20.5. The molecular weight excluding hydrogens is 370 g/mol. The van der Waals surface area contributed by atoms with E-state index in [9.17, 15) is 14.4 Å². The maximum absolute atomic E-state index is 13.3. The minimum Gasteiger partial charge on any atom is -0.378 e. The van der Waals surface area contributed by atoms with Crippen molar-refractivity contribution in [2.24, 2.45) is 0 Å². The largest absolute Gasteiger partial charge is 0.378 e. The molecule has 0 saturated carbocycles. The maximum Gasteiger partial charge on any atom is 0.336 e. The highest BCUT2D eigenvalue weighted by Gasteiger charge is 2.21. The Morgan fingerprint density at radius 1 is 1.00 bits per heavy atom. The Morgan fingerprint density at radius 2 is 1.72 bits per heavy atom. The van der Waals surface area contributed by atoms with Crippen molar-refractivity contribution in [2.45, 2.75) is 20.4 Å². The highest BCUT2D eigenvalue weighted by molar-refractivity contribution is 5.82. The van der Waals surface area contributed by atoms with Crippen molar-refractivity contribution in [1.82, 2.24) is 14.0 Å². The first kappa shape index (κ1) is 19.1. The number of para-hydroxylation sites is 1. The SMILES string of the molecule is Cc1ccc(-n2c(=O)c3ccccc3n(CC(=O)N3CCOCC3)c2=O)cc1C. The molecule has 4 rings (SSSR count). The third-order valence-electron chi connectivity index (χ3n) is 5.46. The summed E-state index contributed by atoms with van der Waals surface area (Å²) in [6.07, 6.45) is 0. The summed E-state index contributed by atoms with van der Waals surface area (Å²) < 4.78 is 7.85. The molecule has 0 atom stereocenters. The third-order valence-corrected chi connectivity index (χ3v) is 5.46. The number of rotatable bonds is 3. The molecule has 0 N–H and O–H groups in total. The van der Waals surface area contributed by atoms with Crippen molar-refractivity contribution in [3.8, 4) is 5.69 Å². The molecule has 1 fully saturated rings. The van der Waals surface area contributed by atoms with E-state index in [-0.39, 0.29) is 18.0 Å². The third kappa shape index (κ3) is 3.49. The van der Waals surface area contributed by atoms with Crippen LogP contribution in [0.25, 0.3) is 16.6 Å². The molecule has 2 aromatic carbocycles. The summed E-state index contributed by atoms with van der Waals surface area (Å²) in [5, 5.41) is 0.403. The predicted octanol–water partition coefficient (Wildman–Crippen LogP) is 1.63. The van der Waals surface area contributed by atoms with Crippen LogP contribution in [0.1, 0.15) is 11.1 Å². The quantitative estimate of drug-likeness (QED) is 0.678. The topological polar surface area (TPSA) is 73.5 Å². The fraction of sp³-hybridized carbons (Fsp3) is 0.318. The lowest BCUT2D eigenvalue weighted by molar-refractivity contribution is -0.135. The van der Waals surface area contributed by atoms with E-state index >= 15 is 0 Å². The number of amides is 1. The highest BCUT2D eigenvalue weighted by Crippen LogP contribution is 2.14. The van der Waals surface area contributed by atoms with Gasteiger partial charge in [0, 0.05) is 13.1 Å². The number of nitrogens with zero attached hydrogens (tertiary/aromatic N) is 3. The number of aromatic nitrogens is 2. The van der Waals surface area contributed by atoms with E-state index in [1.165, 1.54) is 4.57 Å². The van der Waals surface area contributed by atoms with Gasteiger partial charge in [0.25, 0.3) is 5.56 Å². The van der Waals surface area contributed by atoms with Crippen molar-refractivity contribution >= 4 is 16.8 Å². The van der Waals surface area contributed by atoms with E-state index in [1.807, 2.05) is 26.0 Å². The van der Waals surface area contributed by atoms with Crippen LogP contribution in [0.4, 0.5) is 0 Å². The average molecular weight is 393 g/mol. The van der Waals surface area contributed by atoms with E-state index in [1.54, 1.807) is 35.2 Å². The number of carbonyl (C=O) groups excluding carboxylic acids is 1. The lowest BCUT2D eigenvalue weighted by Crippen LogP contribution is -2.45. The summed E-state index contributed by atoms with van der Waals surface area (Å²) in [5.41, 5.74) is 2.12. The van der Waals surface area contributed by atoms with Gasteiger partial charge in [-0.1, -0.05) is 18.2 Å². The second-order valence-corrected chi connectivity index (χ2v) is 7.29. The number of hydrogen-bond acceptors (Lipinski definition) is 4. The van der Waals surface area contributed by atoms with Crippen LogP contribution in [0.15, 0.2) is 52.1 Å². The van der Waals surface area contributed by atoms with Crippen molar-refractivity contribution < 1.29 is 9.53 Å². The lowest BCUT2D eigenvalue weighted by Gasteiger charge is -2.27. The summed E-state index contributed by atoms with van der Waals surface area (Å²) in [6.45, 7) is 5.77. The lowest BCUT2D eigenvalue weighted by atomic mass is 10.1. The summed E-state index contributed by atoms with van der Waals surface area (Å²) >= 11 is 0. The Kier molecular flexibility index (Phi) is 5.07. The molecule has 0 radical (unpaired) electrons. The van der Waals surface area contributed by atoms with Crippen molar-refractivity contribution in [3.63, 3.8) is 0 Å². The van der Waals surface area contributed by atoms with Gasteiger partial charge < -0.3 is 9.64 Å². The smallest absolute Gasteiger partial charge is 0.336 e. The molecule has 1 aliphatic rings. The molecular formula is C22H23N3O4. The van der Waals surface area contributed by atoms with Gasteiger partial charge in [-0.3, -0.25) is 14.2 Å². The van der Waals surface area contributed by atoms with Crippen LogP contribution < -0.4 is 11.2 Å². The van der Waals surface area contributed by atoms with Gasteiger partial charge in [-0.25, -0.2) is 9.36 Å². The first-order chi connectivity index (χ1) is 14.0. The minimum absolute atomic E-state index is 0.121. The van der Waals surface area contributed by atoms with E-state index in [2.05, 4.69) is 0 Å². The average Bonchev–Trinajstić information content (AvgIpc) is 2.74. The Bertz CT molecular complexity index is 1200. The number of aryl methyl sites for hydroxylation is 2. The summed E-state index contributed by atoms with van der Waals surface area (Å²) in [4.78, 5) is 41.0. The first-order valence-electron chi connectivity index (χ1n) is 9.65. The second kappa shape index (κ2) is 7.67. The minimum atomic E-state index is -0.515. The second-order valence-electron chi connectivity index (χ2n) is 7.29. The number of carbonyl (C=O) groups is 1. The Labute approximate surface area is 167 Å². The fourth-order valence-corrected chi connectivity index (χ4v) is 3.61. The van der Waals surface area contributed by atoms with Crippen LogP contribution in [0.2, 0.25) is 0 Å². The molecule has 1 aromatic heterocycles. The normalized spacial score (nSPS) is 14.3. The van der Waals surface area contributed by atoms with Crippen molar-refractivity contribution in [3.05, 3.63) is 74.4 Å². The summed E-state index contributed by atoms with van der Waals surface area (Å²) in [7, 11) is 0. The first-order valence-corrected chi connectivity index (χ1v) is 9.65. The van der Waals surface area contributed by atoms with E-state index in [0.717, 1.165) is 15.7 Å². The van der Waals surface area contributed by atoms with E-state index in [4.69, 9.17) is 4.74 Å². The van der Waals surface area contributed by atoms with Crippen LogP contribution in [0.3, 0.4) is 0 Å². The number of ether oxygens (including phenoxy) is 1. The maximum atomic E-state index is 13.3. The molecule has 0 unspecified atom stereocenters. The number of morpholine rings is 1. The molecule has 150 valence electrons. The molecule has 2 heterocycles. The van der Waals surface area contributed by atoms with Crippen LogP contribution in [-0.4, -0.2) is 46.2 Å². The molecule has 1 aliphatic heterocycles. The molecule has 7 heteroatoms. The number of hydrogen-bond donors (Lipinski definition) is 0. The summed E-state index contributed by atoms with van der Waals surface area (Å²) in [6, 6.07) is 12.4. The monoisotopic (exact) mass is 393 g/mol. The van der Waals surface area contributed by atoms with Gasteiger partial charge >= 0.3 is 5.69 Å². The molecule has 3 aromatic rings. The fourth-order valence-electron chi connectivity index (χ4n) is 3.61. The van der Waals surface area contributed by atoms with Crippen LogP contribution in [0.5, 0.6) is 0 Å². The van der Waals surface area contributed by atoms with Gasteiger partial charge in [0.05, 0.1) is 29.8 Å². The molecule has 7 nitrogen and oxygen atoms in total. The number of benzene rings is 2. The zero-order valence-corrected chi connectivity index (χ0v) is 16.6. The zero-order valence-electron chi connectivity index (χ0n) is 16.6. The van der Waals surface area contributed by atoms with Gasteiger partial charge in [-0.15, -0.1) is 0 Å². The standard InChI is InChI=1S/C22H23N3O4/c1-15-7-8-17(13-16(15)2)25-21(27)18-5-3-4-6-19(18)24(22(25)28)14-20(26)23-9-11-29-12-10-23/h3-8,13H,9-12,14H2,1-2H3. The van der Waals surface area contributed by atoms with Crippen LogP contribution in [0, 0.1) is 13.8 Å². The Morgan fingerprint density at radius 3 is 2.45 bits per heavy atom. The molecule has 1 saturated heterocycles. The van der Waals surface area contributed by atoms with Crippen LogP contribution in [-0.2, 0) is 16.1 Å². The highest BCUT2D eigenvalue weighted by atomic mass is 16.5. The van der Waals surface area contributed by atoms with Gasteiger partial charge in [-0.05, 0) is 49.2 Å². The summed E-state index contributed by atoms with van der Waals surface area (Å²) in [5.74, 6) is -0.161. The van der Waals surface area contributed by atoms with Crippen molar-refractivity contribution in [1.29, 1.82) is 0 Å². The van der Waals surface area contributed by atoms with Gasteiger partial charge in [-0.2, -0.15) is 0 Å². The predicted molar refractivity (Wildman–Crippen MR) is 111 cm³/mol. The Hall–Kier alpha value is -3.19. The van der Waals surface area contributed by atoms with Crippen LogP contribution >= 0.6 is 0 Å². The van der Waals surface area contributed by atoms with Crippen molar-refractivity contribution in [2.75, 3.05) is 26.3 Å². The Balaban J connectivity index is 1.89. The molecule has 29 heavy (non-hydrogen) atoms. The van der Waals surface area contributed by atoms with E-state index < -0.39 is 5.69 Å². The van der Waals surface area contributed by atoms with Gasteiger partial charge in [0.1, 0.15) is 6.54 Å². The van der Waals surface area contributed by atoms with Gasteiger partial charge in [0.2, 0.25) is 5.91 Å². The molecule has 0 spiro atoms. The number of fused-ring (bicyclic) bond motifs is 1. The molecule has 0 bridgehead atoms.